The van der Waals surface area contributed by atoms with Gasteiger partial charge in [-0.05, 0) is 12.6 Å². The summed E-state index contributed by atoms with van der Waals surface area (Å²) in [5.41, 5.74) is 12.7. The van der Waals surface area contributed by atoms with Crippen molar-refractivity contribution >= 4 is 17.9 Å². The Bertz CT molecular complexity index is 759. The summed E-state index contributed by atoms with van der Waals surface area (Å²) in [5, 5.41) is 5.71. The highest BCUT2D eigenvalue weighted by molar-refractivity contribution is 6.00. The van der Waals surface area contributed by atoms with E-state index in [1.165, 1.54) is 24.8 Å². The quantitative estimate of drug-likeness (QED) is 0.547. The van der Waals surface area contributed by atoms with Gasteiger partial charge in [-0.25, -0.2) is 9.97 Å². The molecule has 0 spiro atoms. The zero-order chi connectivity index (χ0) is 18.1. The minimum atomic E-state index is -0.501. The zero-order valence-electron chi connectivity index (χ0n) is 13.9. The number of carbonyl (C=O) groups excluding carboxylic acids is 1. The number of nitrogen functional groups attached to an aromatic ring is 1. The maximum absolute atomic E-state index is 12.2. The molecule has 0 bridgehead atoms. The van der Waals surface area contributed by atoms with Gasteiger partial charge in [0.15, 0.2) is 11.5 Å². The number of anilines is 1. The van der Waals surface area contributed by atoms with E-state index in [4.69, 9.17) is 11.5 Å². The van der Waals surface area contributed by atoms with Gasteiger partial charge in [-0.1, -0.05) is 30.3 Å². The van der Waals surface area contributed by atoms with Gasteiger partial charge in [0, 0.05) is 31.4 Å². The van der Waals surface area contributed by atoms with E-state index in [2.05, 4.69) is 25.6 Å². The molecule has 0 saturated carbocycles. The molecule has 8 heteroatoms. The average molecular weight is 339 g/mol. The van der Waals surface area contributed by atoms with E-state index in [1.54, 1.807) is 0 Å². The third kappa shape index (κ3) is 5.11. The van der Waals surface area contributed by atoms with Gasteiger partial charge in [0.25, 0.3) is 5.91 Å². The number of allylic oxidation sites excluding steroid dienone is 1. The van der Waals surface area contributed by atoms with Gasteiger partial charge < -0.3 is 22.1 Å². The topological polar surface area (TPSA) is 131 Å². The van der Waals surface area contributed by atoms with Crippen molar-refractivity contribution in [3.63, 3.8) is 0 Å². The Kier molecular flexibility index (Phi) is 6.61. The lowest BCUT2D eigenvalue weighted by Crippen LogP contribution is -2.27. The molecule has 8 nitrogen and oxygen atoms in total. The second-order valence-corrected chi connectivity index (χ2v) is 5.13. The number of hydrogen-bond acceptors (Lipinski definition) is 7. The summed E-state index contributed by atoms with van der Waals surface area (Å²) in [6.07, 6.45) is 5.58. The van der Waals surface area contributed by atoms with Crippen LogP contribution >= 0.6 is 0 Å². The first kappa shape index (κ1) is 18.1. The molecule has 1 atom stereocenters. The van der Waals surface area contributed by atoms with Crippen LogP contribution in [0.1, 0.15) is 22.1 Å². The van der Waals surface area contributed by atoms with Crippen LogP contribution in [0.4, 0.5) is 5.82 Å². The number of aromatic nitrogens is 2. The SMILES string of the molecule is CNCC(N=C/C(=C\N)NC(=O)c1nccnc1N)c1ccccc1. The van der Waals surface area contributed by atoms with Crippen LogP contribution in [0.3, 0.4) is 0 Å². The van der Waals surface area contributed by atoms with Crippen LogP contribution in [0.5, 0.6) is 0 Å². The summed E-state index contributed by atoms with van der Waals surface area (Å²) >= 11 is 0. The number of rotatable bonds is 7. The van der Waals surface area contributed by atoms with Gasteiger partial charge in [0.05, 0.1) is 11.7 Å². The van der Waals surface area contributed by atoms with E-state index in [1.807, 2.05) is 37.4 Å². The summed E-state index contributed by atoms with van der Waals surface area (Å²) < 4.78 is 0. The molecule has 2 aromatic rings. The van der Waals surface area contributed by atoms with Gasteiger partial charge >= 0.3 is 0 Å². The number of carbonyl (C=O) groups is 1. The van der Waals surface area contributed by atoms with E-state index in [9.17, 15) is 4.79 Å². The van der Waals surface area contributed by atoms with Crippen LogP contribution < -0.4 is 22.1 Å². The highest BCUT2D eigenvalue weighted by Gasteiger charge is 2.13. The van der Waals surface area contributed by atoms with Crippen molar-refractivity contribution in [1.29, 1.82) is 0 Å². The summed E-state index contributed by atoms with van der Waals surface area (Å²) in [7, 11) is 1.85. The van der Waals surface area contributed by atoms with Crippen molar-refractivity contribution in [3.8, 4) is 0 Å². The summed E-state index contributed by atoms with van der Waals surface area (Å²) in [5.74, 6) is -0.454. The van der Waals surface area contributed by atoms with Crippen LogP contribution in [-0.2, 0) is 0 Å². The number of aliphatic imine (C=N–C) groups is 1. The Morgan fingerprint density at radius 2 is 2.00 bits per heavy atom. The van der Waals surface area contributed by atoms with E-state index in [0.717, 1.165) is 5.56 Å². The normalized spacial score (nSPS) is 12.9. The number of amides is 1. The van der Waals surface area contributed by atoms with Crippen molar-refractivity contribution in [2.24, 2.45) is 10.7 Å². The first-order chi connectivity index (χ1) is 12.2. The summed E-state index contributed by atoms with van der Waals surface area (Å²) in [6, 6.07) is 9.71. The standard InChI is InChI=1S/C17H21N7O/c1-20-11-14(12-5-3-2-4-6-12)23-10-13(9-18)24-17(25)15-16(19)22-8-7-21-15/h2-10,14,20H,11,18H2,1H3,(H2,19,22)(H,24,25)/b13-9+,23-10?. The molecule has 2 rings (SSSR count). The predicted molar refractivity (Wildman–Crippen MR) is 97.8 cm³/mol. The van der Waals surface area contributed by atoms with Crippen LogP contribution in [0.25, 0.3) is 0 Å². The van der Waals surface area contributed by atoms with Crippen molar-refractivity contribution in [2.75, 3.05) is 19.3 Å². The minimum absolute atomic E-state index is 0.0325. The molecule has 0 fully saturated rings. The Morgan fingerprint density at radius 3 is 2.64 bits per heavy atom. The second kappa shape index (κ2) is 9.14. The fourth-order valence-corrected chi connectivity index (χ4v) is 2.13. The van der Waals surface area contributed by atoms with Crippen molar-refractivity contribution < 1.29 is 4.79 Å². The van der Waals surface area contributed by atoms with E-state index in [-0.39, 0.29) is 17.6 Å². The van der Waals surface area contributed by atoms with Crippen LogP contribution in [0.15, 0.2) is 59.6 Å². The fourth-order valence-electron chi connectivity index (χ4n) is 2.13. The maximum Gasteiger partial charge on any atom is 0.278 e. The van der Waals surface area contributed by atoms with Gasteiger partial charge in [0.2, 0.25) is 0 Å². The Morgan fingerprint density at radius 1 is 1.28 bits per heavy atom. The highest BCUT2D eigenvalue weighted by atomic mass is 16.1. The average Bonchev–Trinajstić information content (AvgIpc) is 2.64. The molecule has 6 N–H and O–H groups in total. The fraction of sp³-hybridized carbons (Fsp3) is 0.176. The molecule has 1 unspecified atom stereocenters. The lowest BCUT2D eigenvalue weighted by Gasteiger charge is -2.13. The zero-order valence-corrected chi connectivity index (χ0v) is 13.9. The van der Waals surface area contributed by atoms with Gasteiger partial charge in [0.1, 0.15) is 0 Å². The van der Waals surface area contributed by atoms with E-state index < -0.39 is 5.91 Å². The summed E-state index contributed by atoms with van der Waals surface area (Å²) in [4.78, 5) is 24.5. The molecule has 1 aromatic heterocycles. The number of hydrogen-bond donors (Lipinski definition) is 4. The lowest BCUT2D eigenvalue weighted by molar-refractivity contribution is 0.0963. The van der Waals surface area contributed by atoms with Crippen LogP contribution in [-0.4, -0.2) is 35.7 Å². The van der Waals surface area contributed by atoms with Crippen molar-refractivity contribution in [1.82, 2.24) is 20.6 Å². The monoisotopic (exact) mass is 339 g/mol. The van der Waals surface area contributed by atoms with Crippen LogP contribution in [0, 0.1) is 0 Å². The number of nitrogens with two attached hydrogens (primary N) is 2. The minimum Gasteiger partial charge on any atom is -0.403 e. The van der Waals surface area contributed by atoms with Gasteiger partial charge in [-0.3, -0.25) is 9.79 Å². The molecule has 0 saturated heterocycles. The molecular formula is C17H21N7O. The second-order valence-electron chi connectivity index (χ2n) is 5.13. The number of nitrogens with zero attached hydrogens (tertiary/aromatic N) is 3. The Hall–Kier alpha value is -3.26. The predicted octanol–water partition coefficient (Wildman–Crippen LogP) is 0.620. The third-order valence-corrected chi connectivity index (χ3v) is 3.35. The van der Waals surface area contributed by atoms with Gasteiger partial charge in [-0.15, -0.1) is 0 Å². The largest absolute Gasteiger partial charge is 0.403 e. The highest BCUT2D eigenvalue weighted by Crippen LogP contribution is 2.15. The molecule has 0 aliphatic heterocycles. The number of nitrogens with one attached hydrogen (secondary N) is 2. The summed E-state index contributed by atoms with van der Waals surface area (Å²) in [6.45, 7) is 0.642. The number of benzene rings is 1. The molecule has 1 aromatic carbocycles. The Balaban J connectivity index is 2.11. The first-order valence-electron chi connectivity index (χ1n) is 7.68. The van der Waals surface area contributed by atoms with E-state index in [0.29, 0.717) is 12.2 Å². The lowest BCUT2D eigenvalue weighted by atomic mass is 10.1. The Labute approximate surface area is 146 Å². The van der Waals surface area contributed by atoms with E-state index >= 15 is 0 Å². The maximum atomic E-state index is 12.2. The molecule has 0 aliphatic rings. The first-order valence-corrected chi connectivity index (χ1v) is 7.68. The smallest absolute Gasteiger partial charge is 0.278 e. The third-order valence-electron chi connectivity index (χ3n) is 3.35. The van der Waals surface area contributed by atoms with Crippen LogP contribution in [0.2, 0.25) is 0 Å². The molecule has 1 heterocycles. The molecule has 0 aliphatic carbocycles. The van der Waals surface area contributed by atoms with Crippen molar-refractivity contribution in [2.45, 2.75) is 6.04 Å². The van der Waals surface area contributed by atoms with Crippen molar-refractivity contribution in [3.05, 3.63) is 65.9 Å². The molecule has 130 valence electrons. The molecular weight excluding hydrogens is 318 g/mol. The number of likely N-dealkylation sites (N-methyl/N-ethyl adjacent to an activating group) is 1. The molecule has 0 radical (unpaired) electrons. The molecule has 1 amide bonds. The molecule has 25 heavy (non-hydrogen) atoms. The van der Waals surface area contributed by atoms with Gasteiger partial charge in [-0.2, -0.15) is 0 Å².